The van der Waals surface area contributed by atoms with Crippen LogP contribution >= 0.6 is 11.3 Å². The van der Waals surface area contributed by atoms with E-state index in [4.69, 9.17) is 0 Å². The van der Waals surface area contributed by atoms with Crippen molar-refractivity contribution in [2.75, 3.05) is 5.32 Å². The molecule has 15 heavy (non-hydrogen) atoms. The monoisotopic (exact) mass is 222 g/mol. The Kier molecular flexibility index (Phi) is 2.97. The molecule has 0 radical (unpaired) electrons. The van der Waals surface area contributed by atoms with Gasteiger partial charge in [0.2, 0.25) is 0 Å². The van der Waals surface area contributed by atoms with E-state index in [0.717, 1.165) is 17.2 Å². The molecule has 4 heteroatoms. The van der Waals surface area contributed by atoms with Crippen molar-refractivity contribution in [2.45, 2.75) is 13.5 Å². The molecule has 0 saturated heterocycles. The van der Waals surface area contributed by atoms with E-state index >= 15 is 0 Å². The van der Waals surface area contributed by atoms with Gasteiger partial charge in [0, 0.05) is 16.8 Å². The molecule has 2 nitrogen and oxygen atoms in total. The van der Waals surface area contributed by atoms with Gasteiger partial charge in [0.25, 0.3) is 0 Å². The Morgan fingerprint density at radius 2 is 2.07 bits per heavy atom. The summed E-state index contributed by atoms with van der Waals surface area (Å²) in [5.74, 6) is -0.214. The minimum absolute atomic E-state index is 0.214. The highest BCUT2D eigenvalue weighted by Gasteiger charge is 1.98. The Hall–Kier alpha value is -1.42. The van der Waals surface area contributed by atoms with Gasteiger partial charge < -0.3 is 5.32 Å². The summed E-state index contributed by atoms with van der Waals surface area (Å²) in [6.07, 6.45) is 1.86. The fourth-order valence-electron chi connectivity index (χ4n) is 1.24. The summed E-state index contributed by atoms with van der Waals surface area (Å²) in [6.45, 7) is 2.71. The second kappa shape index (κ2) is 4.40. The molecule has 0 unspecified atom stereocenters. The Balaban J connectivity index is 1.96. The van der Waals surface area contributed by atoms with E-state index in [-0.39, 0.29) is 5.82 Å². The number of hydrogen-bond donors (Lipinski definition) is 1. The molecule has 0 amide bonds. The van der Waals surface area contributed by atoms with Crippen molar-refractivity contribution in [1.29, 1.82) is 0 Å². The number of nitrogens with one attached hydrogen (secondary N) is 1. The molecule has 0 fully saturated rings. The van der Waals surface area contributed by atoms with E-state index in [1.165, 1.54) is 17.0 Å². The summed E-state index contributed by atoms with van der Waals surface area (Å²) < 4.78 is 12.6. The number of nitrogens with zero attached hydrogens (tertiary/aromatic N) is 1. The van der Waals surface area contributed by atoms with E-state index in [2.05, 4.69) is 10.3 Å². The highest BCUT2D eigenvalue weighted by atomic mass is 32.1. The van der Waals surface area contributed by atoms with Crippen LogP contribution in [-0.2, 0) is 6.54 Å². The molecule has 0 aliphatic carbocycles. The lowest BCUT2D eigenvalue weighted by atomic mass is 10.3. The van der Waals surface area contributed by atoms with Crippen LogP contribution in [0.3, 0.4) is 0 Å². The van der Waals surface area contributed by atoms with Crippen molar-refractivity contribution >= 4 is 17.0 Å². The molecule has 1 aromatic carbocycles. The molecule has 0 spiro atoms. The fraction of sp³-hybridized carbons (Fsp3) is 0.182. The minimum atomic E-state index is -0.214. The van der Waals surface area contributed by atoms with Crippen LogP contribution in [-0.4, -0.2) is 4.98 Å². The summed E-state index contributed by atoms with van der Waals surface area (Å²) in [5, 5.41) is 4.27. The van der Waals surface area contributed by atoms with Gasteiger partial charge in [0.15, 0.2) is 0 Å². The van der Waals surface area contributed by atoms with Gasteiger partial charge in [-0.25, -0.2) is 9.37 Å². The summed E-state index contributed by atoms with van der Waals surface area (Å²) in [6, 6.07) is 6.34. The van der Waals surface area contributed by atoms with Gasteiger partial charge in [-0.15, -0.1) is 11.3 Å². The lowest BCUT2D eigenvalue weighted by Crippen LogP contribution is -1.96. The minimum Gasteiger partial charge on any atom is -0.380 e. The smallest absolute Gasteiger partial charge is 0.123 e. The Bertz CT molecular complexity index is 436. The average Bonchev–Trinajstić information content (AvgIpc) is 2.64. The van der Waals surface area contributed by atoms with Crippen molar-refractivity contribution in [3.63, 3.8) is 0 Å². The van der Waals surface area contributed by atoms with E-state index < -0.39 is 0 Å². The number of rotatable bonds is 3. The molecule has 1 N–H and O–H groups in total. The first-order chi connectivity index (χ1) is 7.24. The van der Waals surface area contributed by atoms with Crippen molar-refractivity contribution < 1.29 is 4.39 Å². The lowest BCUT2D eigenvalue weighted by Gasteiger charge is -2.03. The van der Waals surface area contributed by atoms with E-state index in [1.54, 1.807) is 23.5 Å². The summed E-state index contributed by atoms with van der Waals surface area (Å²) in [4.78, 5) is 5.34. The standard InChI is InChI=1S/C11H11FN2S/c1-8-13-6-11(15-8)7-14-10-4-2-9(12)3-5-10/h2-6,14H,7H2,1H3. The third-order valence-corrected chi connectivity index (χ3v) is 2.89. The molecular formula is C11H11FN2S. The molecule has 1 aromatic heterocycles. The summed E-state index contributed by atoms with van der Waals surface area (Å²) >= 11 is 1.66. The van der Waals surface area contributed by atoms with Gasteiger partial charge in [0.1, 0.15) is 5.82 Å². The van der Waals surface area contributed by atoms with Crippen LogP contribution in [0.4, 0.5) is 10.1 Å². The Labute approximate surface area is 91.8 Å². The summed E-state index contributed by atoms with van der Waals surface area (Å²) in [7, 11) is 0. The third kappa shape index (κ3) is 2.76. The normalized spacial score (nSPS) is 10.3. The molecule has 0 atom stereocenters. The van der Waals surface area contributed by atoms with Crippen molar-refractivity contribution in [2.24, 2.45) is 0 Å². The summed E-state index contributed by atoms with van der Waals surface area (Å²) in [5.41, 5.74) is 0.919. The zero-order valence-electron chi connectivity index (χ0n) is 8.33. The van der Waals surface area contributed by atoms with Gasteiger partial charge >= 0.3 is 0 Å². The van der Waals surface area contributed by atoms with Gasteiger partial charge in [-0.3, -0.25) is 0 Å². The zero-order chi connectivity index (χ0) is 10.7. The fourth-order valence-corrected chi connectivity index (χ4v) is 1.98. The topological polar surface area (TPSA) is 24.9 Å². The van der Waals surface area contributed by atoms with E-state index in [0.29, 0.717) is 0 Å². The average molecular weight is 222 g/mol. The van der Waals surface area contributed by atoms with Crippen molar-refractivity contribution in [3.8, 4) is 0 Å². The SMILES string of the molecule is Cc1ncc(CNc2ccc(F)cc2)s1. The Morgan fingerprint density at radius 1 is 1.33 bits per heavy atom. The predicted molar refractivity (Wildman–Crippen MR) is 60.6 cm³/mol. The molecule has 0 saturated carbocycles. The zero-order valence-corrected chi connectivity index (χ0v) is 9.14. The number of anilines is 1. The third-order valence-electron chi connectivity index (χ3n) is 1.98. The highest BCUT2D eigenvalue weighted by molar-refractivity contribution is 7.11. The quantitative estimate of drug-likeness (QED) is 0.862. The van der Waals surface area contributed by atoms with E-state index in [1.807, 2.05) is 13.1 Å². The van der Waals surface area contributed by atoms with Crippen LogP contribution in [0, 0.1) is 12.7 Å². The highest BCUT2D eigenvalue weighted by Crippen LogP contribution is 2.14. The molecule has 1 heterocycles. The van der Waals surface area contributed by atoms with E-state index in [9.17, 15) is 4.39 Å². The first kappa shape index (κ1) is 10.1. The molecule has 78 valence electrons. The first-order valence-corrected chi connectivity index (χ1v) is 5.46. The maximum atomic E-state index is 12.6. The number of aryl methyl sites for hydroxylation is 1. The number of halogens is 1. The van der Waals surface area contributed by atoms with Crippen molar-refractivity contribution in [1.82, 2.24) is 4.98 Å². The second-order valence-electron chi connectivity index (χ2n) is 3.21. The van der Waals surface area contributed by atoms with Crippen LogP contribution < -0.4 is 5.32 Å². The lowest BCUT2D eigenvalue weighted by molar-refractivity contribution is 0.628. The predicted octanol–water partition coefficient (Wildman–Crippen LogP) is 3.20. The van der Waals surface area contributed by atoms with Gasteiger partial charge in [-0.2, -0.15) is 0 Å². The number of hydrogen-bond acceptors (Lipinski definition) is 3. The molecule has 0 bridgehead atoms. The van der Waals surface area contributed by atoms with Gasteiger partial charge in [0.05, 0.1) is 11.6 Å². The number of benzene rings is 1. The van der Waals surface area contributed by atoms with Crippen LogP contribution in [0.1, 0.15) is 9.88 Å². The molecular weight excluding hydrogens is 211 g/mol. The largest absolute Gasteiger partial charge is 0.380 e. The van der Waals surface area contributed by atoms with Gasteiger partial charge in [-0.05, 0) is 31.2 Å². The molecule has 0 aliphatic rings. The Morgan fingerprint density at radius 3 is 2.67 bits per heavy atom. The maximum absolute atomic E-state index is 12.6. The number of thiazole rings is 1. The number of aromatic nitrogens is 1. The van der Waals surface area contributed by atoms with Crippen LogP contribution in [0.5, 0.6) is 0 Å². The van der Waals surface area contributed by atoms with Crippen LogP contribution in [0.15, 0.2) is 30.5 Å². The molecule has 0 aliphatic heterocycles. The van der Waals surface area contributed by atoms with Gasteiger partial charge in [-0.1, -0.05) is 0 Å². The van der Waals surface area contributed by atoms with Crippen LogP contribution in [0.2, 0.25) is 0 Å². The first-order valence-electron chi connectivity index (χ1n) is 4.65. The van der Waals surface area contributed by atoms with Crippen molar-refractivity contribution in [3.05, 3.63) is 46.2 Å². The maximum Gasteiger partial charge on any atom is 0.123 e. The molecule has 2 rings (SSSR count). The van der Waals surface area contributed by atoms with Crippen LogP contribution in [0.25, 0.3) is 0 Å². The molecule has 2 aromatic rings. The second-order valence-corrected chi connectivity index (χ2v) is 4.53.